The second kappa shape index (κ2) is 3.66. The molecule has 86 valence electrons. The molecule has 1 heterocycles. The average molecular weight is 225 g/mol. The van der Waals surface area contributed by atoms with E-state index in [4.69, 9.17) is 0 Å². The Balaban J connectivity index is 2.21. The molecule has 2 heteroatoms. The fourth-order valence-electron chi connectivity index (χ4n) is 2.61. The molecule has 1 aromatic heterocycles. The highest BCUT2D eigenvalue weighted by atomic mass is 16.1. The van der Waals surface area contributed by atoms with Crippen molar-refractivity contribution >= 4 is 16.6 Å². The first kappa shape index (κ1) is 10.5. The summed E-state index contributed by atoms with van der Waals surface area (Å²) < 4.78 is 0. The Kier molecular flexibility index (Phi) is 2.25. The number of nitrogens with zero attached hydrogens (tertiary/aromatic N) is 1. The van der Waals surface area contributed by atoms with Crippen molar-refractivity contribution in [2.24, 2.45) is 0 Å². The second-order valence-corrected chi connectivity index (χ2v) is 4.74. The summed E-state index contributed by atoms with van der Waals surface area (Å²) in [6, 6.07) is 10.2. The van der Waals surface area contributed by atoms with Gasteiger partial charge in [0, 0.05) is 18.0 Å². The van der Waals surface area contributed by atoms with Crippen molar-refractivity contribution in [3.63, 3.8) is 0 Å². The molecule has 3 rings (SSSR count). The zero-order chi connectivity index (χ0) is 11.9. The van der Waals surface area contributed by atoms with E-state index >= 15 is 0 Å². The van der Waals surface area contributed by atoms with Gasteiger partial charge in [-0.1, -0.05) is 31.2 Å². The van der Waals surface area contributed by atoms with Crippen LogP contribution in [0.15, 0.2) is 36.5 Å². The molecule has 0 N–H and O–H groups in total. The third-order valence-electron chi connectivity index (χ3n) is 3.73. The predicted octanol–water partition coefficient (Wildman–Crippen LogP) is 3.25. The Morgan fingerprint density at radius 3 is 2.76 bits per heavy atom. The number of hydrogen-bond donors (Lipinski definition) is 0. The van der Waals surface area contributed by atoms with Crippen molar-refractivity contribution in [1.29, 1.82) is 0 Å². The molecule has 0 amide bonds. The van der Waals surface area contributed by atoms with Gasteiger partial charge in [-0.15, -0.1) is 0 Å². The number of carbonyl (C=O) groups is 1. The van der Waals surface area contributed by atoms with Gasteiger partial charge in [-0.3, -0.25) is 9.78 Å². The van der Waals surface area contributed by atoms with Crippen LogP contribution in [0.25, 0.3) is 10.8 Å². The van der Waals surface area contributed by atoms with Crippen LogP contribution in [0.3, 0.4) is 0 Å². The molecule has 0 bridgehead atoms. The van der Waals surface area contributed by atoms with Gasteiger partial charge in [-0.25, -0.2) is 0 Å². The molecule has 0 unspecified atom stereocenters. The number of pyridine rings is 1. The van der Waals surface area contributed by atoms with Crippen LogP contribution in [0.4, 0.5) is 0 Å². The van der Waals surface area contributed by atoms with Crippen LogP contribution < -0.4 is 0 Å². The van der Waals surface area contributed by atoms with E-state index in [9.17, 15) is 4.79 Å². The van der Waals surface area contributed by atoms with Crippen LogP contribution in [-0.4, -0.2) is 10.8 Å². The van der Waals surface area contributed by atoms with Gasteiger partial charge in [0.1, 0.15) is 5.78 Å². The number of aromatic nitrogens is 1. The van der Waals surface area contributed by atoms with Crippen molar-refractivity contribution in [3.05, 3.63) is 42.2 Å². The molecule has 1 fully saturated rings. The van der Waals surface area contributed by atoms with Crippen molar-refractivity contribution in [2.45, 2.75) is 31.6 Å². The first-order valence-electron chi connectivity index (χ1n) is 6.15. The molecule has 1 saturated carbocycles. The molecular weight excluding hydrogens is 210 g/mol. The van der Waals surface area contributed by atoms with E-state index in [1.807, 2.05) is 31.3 Å². The molecule has 1 aromatic carbocycles. The van der Waals surface area contributed by atoms with E-state index in [1.54, 1.807) is 0 Å². The molecule has 0 radical (unpaired) electrons. The van der Waals surface area contributed by atoms with E-state index < -0.39 is 0 Å². The SMILES string of the molecule is CCC(=O)C1(c2nccc3ccccc23)CC1. The highest BCUT2D eigenvalue weighted by Crippen LogP contribution is 2.50. The van der Waals surface area contributed by atoms with Gasteiger partial charge < -0.3 is 0 Å². The van der Waals surface area contributed by atoms with E-state index in [0.29, 0.717) is 12.2 Å². The molecule has 0 atom stereocenters. The van der Waals surface area contributed by atoms with Gasteiger partial charge in [0.15, 0.2) is 0 Å². The summed E-state index contributed by atoms with van der Waals surface area (Å²) in [5.41, 5.74) is 0.720. The Morgan fingerprint density at radius 1 is 1.29 bits per heavy atom. The highest BCUT2D eigenvalue weighted by molar-refractivity contribution is 5.97. The maximum atomic E-state index is 12.1. The lowest BCUT2D eigenvalue weighted by atomic mass is 9.91. The third kappa shape index (κ3) is 1.47. The Morgan fingerprint density at radius 2 is 2.06 bits per heavy atom. The summed E-state index contributed by atoms with van der Waals surface area (Å²) in [6.07, 6.45) is 4.34. The smallest absolute Gasteiger partial charge is 0.144 e. The molecule has 17 heavy (non-hydrogen) atoms. The van der Waals surface area contributed by atoms with Crippen molar-refractivity contribution in [3.8, 4) is 0 Å². The Bertz CT molecular complexity index is 579. The lowest BCUT2D eigenvalue weighted by molar-refractivity contribution is -0.121. The zero-order valence-electron chi connectivity index (χ0n) is 9.94. The quantitative estimate of drug-likeness (QED) is 0.802. The summed E-state index contributed by atoms with van der Waals surface area (Å²) in [6.45, 7) is 1.94. The summed E-state index contributed by atoms with van der Waals surface area (Å²) in [5, 5.41) is 2.31. The summed E-state index contributed by atoms with van der Waals surface area (Å²) in [7, 11) is 0. The summed E-state index contributed by atoms with van der Waals surface area (Å²) in [4.78, 5) is 16.6. The summed E-state index contributed by atoms with van der Waals surface area (Å²) in [5.74, 6) is 0.335. The molecule has 0 aliphatic heterocycles. The fraction of sp³-hybridized carbons (Fsp3) is 0.333. The number of hydrogen-bond acceptors (Lipinski definition) is 2. The van der Waals surface area contributed by atoms with Gasteiger partial charge in [-0.05, 0) is 24.3 Å². The highest BCUT2D eigenvalue weighted by Gasteiger charge is 2.51. The van der Waals surface area contributed by atoms with Crippen LogP contribution in [0.2, 0.25) is 0 Å². The largest absolute Gasteiger partial charge is 0.299 e. The first-order chi connectivity index (χ1) is 8.28. The predicted molar refractivity (Wildman–Crippen MR) is 68.0 cm³/mol. The lowest BCUT2D eigenvalue weighted by Crippen LogP contribution is -2.21. The molecule has 0 spiro atoms. The van der Waals surface area contributed by atoms with E-state index in [1.165, 1.54) is 5.39 Å². The molecule has 1 aliphatic carbocycles. The van der Waals surface area contributed by atoms with Crippen LogP contribution >= 0.6 is 0 Å². The average Bonchev–Trinajstić information content (AvgIpc) is 3.18. The third-order valence-corrected chi connectivity index (χ3v) is 3.73. The van der Waals surface area contributed by atoms with E-state index in [0.717, 1.165) is 23.9 Å². The second-order valence-electron chi connectivity index (χ2n) is 4.74. The van der Waals surface area contributed by atoms with Crippen LogP contribution in [-0.2, 0) is 10.2 Å². The molecule has 1 aliphatic rings. The molecule has 2 aromatic rings. The number of Topliss-reactive ketones (excluding diaryl/α,β-unsaturated/α-hetero) is 1. The van der Waals surface area contributed by atoms with Gasteiger partial charge >= 0.3 is 0 Å². The van der Waals surface area contributed by atoms with Crippen LogP contribution in [0.1, 0.15) is 31.9 Å². The number of ketones is 1. The van der Waals surface area contributed by atoms with Crippen molar-refractivity contribution in [2.75, 3.05) is 0 Å². The number of carbonyl (C=O) groups excluding carboxylic acids is 1. The lowest BCUT2D eigenvalue weighted by Gasteiger charge is -2.14. The van der Waals surface area contributed by atoms with E-state index in [-0.39, 0.29) is 5.41 Å². The van der Waals surface area contributed by atoms with Gasteiger partial charge in [-0.2, -0.15) is 0 Å². The van der Waals surface area contributed by atoms with Gasteiger partial charge in [0.2, 0.25) is 0 Å². The van der Waals surface area contributed by atoms with Crippen LogP contribution in [0.5, 0.6) is 0 Å². The van der Waals surface area contributed by atoms with Gasteiger partial charge in [0.05, 0.1) is 11.1 Å². The first-order valence-corrected chi connectivity index (χ1v) is 6.15. The monoisotopic (exact) mass is 225 g/mol. The normalized spacial score (nSPS) is 17.0. The molecule has 0 saturated heterocycles. The Labute approximate surface area is 101 Å². The molecule has 2 nitrogen and oxygen atoms in total. The standard InChI is InChI=1S/C15H15NO/c1-2-13(17)15(8-9-15)14-12-6-4-3-5-11(12)7-10-16-14/h3-7,10H,2,8-9H2,1H3. The van der Waals surface area contributed by atoms with Crippen LogP contribution in [0, 0.1) is 0 Å². The number of rotatable bonds is 3. The maximum Gasteiger partial charge on any atom is 0.144 e. The van der Waals surface area contributed by atoms with Gasteiger partial charge in [0.25, 0.3) is 0 Å². The Hall–Kier alpha value is -1.70. The minimum Gasteiger partial charge on any atom is -0.299 e. The fourth-order valence-corrected chi connectivity index (χ4v) is 2.61. The maximum absolute atomic E-state index is 12.1. The zero-order valence-corrected chi connectivity index (χ0v) is 9.94. The van der Waals surface area contributed by atoms with Crippen molar-refractivity contribution < 1.29 is 4.79 Å². The number of fused-ring (bicyclic) bond motifs is 1. The minimum atomic E-state index is -0.268. The van der Waals surface area contributed by atoms with E-state index in [2.05, 4.69) is 17.1 Å². The summed E-state index contributed by atoms with van der Waals surface area (Å²) >= 11 is 0. The van der Waals surface area contributed by atoms with Crippen molar-refractivity contribution in [1.82, 2.24) is 4.98 Å². The minimum absolute atomic E-state index is 0.268. The molecular formula is C15H15NO. The number of benzene rings is 1. The topological polar surface area (TPSA) is 30.0 Å².